The topological polar surface area (TPSA) is 50.8 Å². The van der Waals surface area contributed by atoms with Crippen molar-refractivity contribution >= 4 is 5.91 Å². The molecule has 1 aromatic carbocycles. The van der Waals surface area contributed by atoms with Crippen molar-refractivity contribution in [3.8, 4) is 11.5 Å². The lowest BCUT2D eigenvalue weighted by molar-refractivity contribution is -0.122. The molecule has 1 amide bonds. The number of aryl methyl sites for hydroxylation is 1. The number of hydrogen-bond donors (Lipinski definition) is 1. The fourth-order valence-electron chi connectivity index (χ4n) is 3.24. The SMILES string of the molecule is CCCN1CCC(NC(=O)CCc2cc(OC)ccc2OC)CC1. The van der Waals surface area contributed by atoms with Gasteiger partial charge in [-0.3, -0.25) is 4.79 Å². The number of nitrogens with zero attached hydrogens (tertiary/aromatic N) is 1. The number of methoxy groups -OCH3 is 2. The summed E-state index contributed by atoms with van der Waals surface area (Å²) in [5.74, 6) is 1.71. The lowest BCUT2D eigenvalue weighted by Crippen LogP contribution is -2.44. The van der Waals surface area contributed by atoms with E-state index in [1.807, 2.05) is 18.2 Å². The molecular formula is C19H30N2O3. The summed E-state index contributed by atoms with van der Waals surface area (Å²) in [7, 11) is 3.29. The highest BCUT2D eigenvalue weighted by Gasteiger charge is 2.20. The largest absolute Gasteiger partial charge is 0.497 e. The molecule has 0 aliphatic carbocycles. The summed E-state index contributed by atoms with van der Waals surface area (Å²) in [6.45, 7) is 5.54. The minimum atomic E-state index is 0.119. The first kappa shape index (κ1) is 18.6. The van der Waals surface area contributed by atoms with Crippen LogP contribution in [0.25, 0.3) is 0 Å². The Hall–Kier alpha value is -1.75. The first-order valence-electron chi connectivity index (χ1n) is 8.88. The van der Waals surface area contributed by atoms with Gasteiger partial charge in [-0.15, -0.1) is 0 Å². The van der Waals surface area contributed by atoms with Gasteiger partial charge in [0.15, 0.2) is 0 Å². The molecule has 24 heavy (non-hydrogen) atoms. The quantitative estimate of drug-likeness (QED) is 0.794. The third kappa shape index (κ3) is 5.41. The van der Waals surface area contributed by atoms with Gasteiger partial charge in [0.2, 0.25) is 5.91 Å². The van der Waals surface area contributed by atoms with E-state index in [1.54, 1.807) is 14.2 Å². The van der Waals surface area contributed by atoms with Crippen LogP contribution >= 0.6 is 0 Å². The second-order valence-electron chi connectivity index (χ2n) is 6.36. The highest BCUT2D eigenvalue weighted by Crippen LogP contribution is 2.25. The number of carbonyl (C=O) groups is 1. The minimum absolute atomic E-state index is 0.119. The molecule has 1 fully saturated rings. The number of benzene rings is 1. The van der Waals surface area contributed by atoms with Gasteiger partial charge in [-0.25, -0.2) is 0 Å². The molecule has 134 valence electrons. The van der Waals surface area contributed by atoms with Gasteiger partial charge in [0.05, 0.1) is 14.2 Å². The van der Waals surface area contributed by atoms with E-state index in [2.05, 4.69) is 17.1 Å². The van der Waals surface area contributed by atoms with Crippen LogP contribution in [-0.4, -0.2) is 50.7 Å². The molecule has 2 rings (SSSR count). The van der Waals surface area contributed by atoms with E-state index in [-0.39, 0.29) is 5.91 Å². The molecule has 0 saturated carbocycles. The van der Waals surface area contributed by atoms with Gasteiger partial charge < -0.3 is 19.7 Å². The van der Waals surface area contributed by atoms with Crippen molar-refractivity contribution < 1.29 is 14.3 Å². The Labute approximate surface area is 145 Å². The van der Waals surface area contributed by atoms with Crippen LogP contribution in [0.4, 0.5) is 0 Å². The van der Waals surface area contributed by atoms with E-state index in [9.17, 15) is 4.79 Å². The van der Waals surface area contributed by atoms with Crippen LogP contribution in [0.5, 0.6) is 11.5 Å². The molecule has 0 aromatic heterocycles. The molecule has 1 heterocycles. The van der Waals surface area contributed by atoms with Crippen molar-refractivity contribution in [3.63, 3.8) is 0 Å². The monoisotopic (exact) mass is 334 g/mol. The summed E-state index contributed by atoms with van der Waals surface area (Å²) < 4.78 is 10.6. The van der Waals surface area contributed by atoms with Crippen molar-refractivity contribution in [1.82, 2.24) is 10.2 Å². The fraction of sp³-hybridized carbons (Fsp3) is 0.632. The van der Waals surface area contributed by atoms with Crippen molar-refractivity contribution in [2.24, 2.45) is 0 Å². The molecule has 1 aliphatic heterocycles. The molecule has 0 spiro atoms. The second kappa shape index (κ2) is 9.52. The highest BCUT2D eigenvalue weighted by atomic mass is 16.5. The third-order valence-electron chi connectivity index (χ3n) is 4.60. The maximum absolute atomic E-state index is 12.2. The summed E-state index contributed by atoms with van der Waals surface area (Å²) in [5.41, 5.74) is 1.00. The van der Waals surface area contributed by atoms with E-state index in [0.29, 0.717) is 18.9 Å². The van der Waals surface area contributed by atoms with Crippen molar-refractivity contribution in [3.05, 3.63) is 23.8 Å². The molecular weight excluding hydrogens is 304 g/mol. The Morgan fingerprint density at radius 1 is 1.25 bits per heavy atom. The van der Waals surface area contributed by atoms with E-state index in [4.69, 9.17) is 9.47 Å². The summed E-state index contributed by atoms with van der Waals surface area (Å²) in [6.07, 6.45) is 4.42. The van der Waals surface area contributed by atoms with E-state index in [0.717, 1.165) is 49.5 Å². The van der Waals surface area contributed by atoms with Crippen LogP contribution in [0.1, 0.15) is 38.2 Å². The number of piperidine rings is 1. The smallest absolute Gasteiger partial charge is 0.220 e. The molecule has 0 radical (unpaired) electrons. The maximum Gasteiger partial charge on any atom is 0.220 e. The normalized spacial score (nSPS) is 16.0. The van der Waals surface area contributed by atoms with E-state index < -0.39 is 0 Å². The van der Waals surface area contributed by atoms with Gasteiger partial charge in [0.25, 0.3) is 0 Å². The predicted molar refractivity (Wildman–Crippen MR) is 95.8 cm³/mol. The Balaban J connectivity index is 1.79. The number of hydrogen-bond acceptors (Lipinski definition) is 4. The first-order valence-corrected chi connectivity index (χ1v) is 8.88. The van der Waals surface area contributed by atoms with Gasteiger partial charge in [-0.1, -0.05) is 6.92 Å². The second-order valence-corrected chi connectivity index (χ2v) is 6.36. The average molecular weight is 334 g/mol. The van der Waals surface area contributed by atoms with Gasteiger partial charge in [-0.05, 0) is 56.0 Å². The lowest BCUT2D eigenvalue weighted by atomic mass is 10.0. The number of rotatable bonds is 8. The number of ether oxygens (including phenoxy) is 2. The first-order chi connectivity index (χ1) is 11.7. The Morgan fingerprint density at radius 3 is 2.62 bits per heavy atom. The number of amides is 1. The molecule has 1 aromatic rings. The number of likely N-dealkylation sites (tertiary alicyclic amines) is 1. The molecule has 1 N–H and O–H groups in total. The highest BCUT2D eigenvalue weighted by molar-refractivity contribution is 5.76. The van der Waals surface area contributed by atoms with Crippen molar-refractivity contribution in [1.29, 1.82) is 0 Å². The fourth-order valence-corrected chi connectivity index (χ4v) is 3.24. The summed E-state index contributed by atoms with van der Waals surface area (Å²) in [4.78, 5) is 14.7. The van der Waals surface area contributed by atoms with Crippen LogP contribution in [-0.2, 0) is 11.2 Å². The molecule has 5 heteroatoms. The minimum Gasteiger partial charge on any atom is -0.497 e. The van der Waals surface area contributed by atoms with Gasteiger partial charge in [0, 0.05) is 25.6 Å². The van der Waals surface area contributed by atoms with Crippen LogP contribution in [0, 0.1) is 0 Å². The Kier molecular flexibility index (Phi) is 7.37. The zero-order valence-corrected chi connectivity index (χ0v) is 15.1. The Morgan fingerprint density at radius 2 is 2.00 bits per heavy atom. The van der Waals surface area contributed by atoms with E-state index >= 15 is 0 Å². The van der Waals surface area contributed by atoms with Gasteiger partial charge >= 0.3 is 0 Å². The maximum atomic E-state index is 12.2. The van der Waals surface area contributed by atoms with E-state index in [1.165, 1.54) is 6.42 Å². The molecule has 0 atom stereocenters. The zero-order valence-electron chi connectivity index (χ0n) is 15.1. The van der Waals surface area contributed by atoms with Crippen LogP contribution < -0.4 is 14.8 Å². The summed E-state index contributed by atoms with van der Waals surface area (Å²) in [5, 5.41) is 3.18. The standard InChI is InChI=1S/C19H30N2O3/c1-4-11-21-12-9-16(10-13-21)20-19(22)8-5-15-14-17(23-2)6-7-18(15)24-3/h6-7,14,16H,4-5,8-13H2,1-3H3,(H,20,22). The van der Waals surface area contributed by atoms with Crippen LogP contribution in [0.15, 0.2) is 18.2 Å². The summed E-state index contributed by atoms with van der Waals surface area (Å²) in [6, 6.07) is 6.01. The van der Waals surface area contributed by atoms with Crippen molar-refractivity contribution in [2.45, 2.75) is 45.1 Å². The molecule has 1 saturated heterocycles. The Bertz CT molecular complexity index is 525. The number of carbonyl (C=O) groups excluding carboxylic acids is 1. The molecule has 1 aliphatic rings. The predicted octanol–water partition coefficient (Wildman–Crippen LogP) is 2.63. The molecule has 0 unspecified atom stereocenters. The molecule has 0 bridgehead atoms. The van der Waals surface area contributed by atoms with Gasteiger partial charge in [0.1, 0.15) is 11.5 Å². The zero-order chi connectivity index (χ0) is 17.4. The third-order valence-corrected chi connectivity index (χ3v) is 4.60. The van der Waals surface area contributed by atoms with Crippen LogP contribution in [0.2, 0.25) is 0 Å². The summed E-state index contributed by atoms with van der Waals surface area (Å²) >= 11 is 0. The van der Waals surface area contributed by atoms with Gasteiger partial charge in [-0.2, -0.15) is 0 Å². The van der Waals surface area contributed by atoms with Crippen molar-refractivity contribution in [2.75, 3.05) is 33.9 Å². The van der Waals surface area contributed by atoms with Crippen LogP contribution in [0.3, 0.4) is 0 Å². The number of nitrogens with one attached hydrogen (secondary N) is 1. The molecule has 5 nitrogen and oxygen atoms in total. The average Bonchev–Trinajstić information content (AvgIpc) is 2.61. The lowest BCUT2D eigenvalue weighted by Gasteiger charge is -2.32.